The third-order valence-corrected chi connectivity index (χ3v) is 5.66. The Morgan fingerprint density at radius 2 is 1.30 bits per heavy atom. The normalized spacial score (nSPS) is 46.5. The van der Waals surface area contributed by atoms with E-state index in [0.29, 0.717) is 38.5 Å². The van der Waals surface area contributed by atoms with Gasteiger partial charge in [0.15, 0.2) is 11.6 Å². The average Bonchev–Trinajstić information content (AvgIpc) is 2.81. The zero-order chi connectivity index (χ0) is 14.1. The molecule has 2 fully saturated rings. The van der Waals surface area contributed by atoms with E-state index in [2.05, 4.69) is 0 Å². The summed E-state index contributed by atoms with van der Waals surface area (Å²) in [6.07, 6.45) is 5.80. The van der Waals surface area contributed by atoms with Crippen LogP contribution >= 0.6 is 0 Å². The number of rotatable bonds is 0. The Morgan fingerprint density at radius 3 is 1.75 bits per heavy atom. The first-order chi connectivity index (χ1) is 9.38. The molecule has 2 saturated carbocycles. The maximum absolute atomic E-state index is 11.6. The van der Waals surface area contributed by atoms with Gasteiger partial charge < -0.3 is 10.2 Å². The van der Waals surface area contributed by atoms with Crippen molar-refractivity contribution in [3.05, 3.63) is 23.3 Å². The van der Waals surface area contributed by atoms with Crippen molar-refractivity contribution >= 4 is 11.6 Å². The molecule has 0 saturated heterocycles. The summed E-state index contributed by atoms with van der Waals surface area (Å²) in [5.74, 6) is 0.363. The summed E-state index contributed by atoms with van der Waals surface area (Å²) >= 11 is 0. The number of carbonyl (C=O) groups excluding carboxylic acids is 2. The minimum atomic E-state index is -1.22. The van der Waals surface area contributed by atoms with Crippen molar-refractivity contribution in [2.45, 2.75) is 49.7 Å². The fraction of sp³-hybridized carbons (Fsp3) is 0.625. The molecule has 0 amide bonds. The molecule has 4 rings (SSSR count). The second-order valence-corrected chi connectivity index (χ2v) is 7.00. The van der Waals surface area contributed by atoms with Crippen molar-refractivity contribution in [2.75, 3.05) is 0 Å². The van der Waals surface area contributed by atoms with E-state index < -0.39 is 11.2 Å². The molecule has 0 aromatic heterocycles. The standard InChI is InChI=1S/C16H18O4/c17-13-1-9-5-15(19)7-11-3-14(18)4-12(11)8-16(15,20)6-10(9)2-13/h1,3,10,12,19-20H,2,4-8H2/t10-,12?,15?,16?/m1/s1. The van der Waals surface area contributed by atoms with E-state index in [1.54, 1.807) is 12.2 Å². The van der Waals surface area contributed by atoms with Crippen molar-refractivity contribution in [2.24, 2.45) is 11.8 Å². The lowest BCUT2D eigenvalue weighted by molar-refractivity contribution is -0.191. The molecule has 20 heavy (non-hydrogen) atoms. The van der Waals surface area contributed by atoms with E-state index in [4.69, 9.17) is 0 Å². The molecule has 2 N–H and O–H groups in total. The Hall–Kier alpha value is -1.26. The van der Waals surface area contributed by atoms with Crippen molar-refractivity contribution < 1.29 is 19.8 Å². The molecule has 0 bridgehead atoms. The summed E-state index contributed by atoms with van der Waals surface area (Å²) < 4.78 is 0. The molecule has 106 valence electrons. The molecule has 4 aliphatic rings. The second-order valence-electron chi connectivity index (χ2n) is 7.00. The van der Waals surface area contributed by atoms with E-state index in [0.717, 1.165) is 11.1 Å². The number of aliphatic hydroxyl groups is 2. The summed E-state index contributed by atoms with van der Waals surface area (Å²) in [4.78, 5) is 23.1. The van der Waals surface area contributed by atoms with Gasteiger partial charge in [-0.05, 0) is 36.8 Å². The molecule has 4 aliphatic carbocycles. The highest BCUT2D eigenvalue weighted by molar-refractivity contribution is 5.94. The monoisotopic (exact) mass is 274 g/mol. The van der Waals surface area contributed by atoms with Crippen LogP contribution in [0, 0.1) is 11.8 Å². The summed E-state index contributed by atoms with van der Waals surface area (Å²) in [5, 5.41) is 22.0. The van der Waals surface area contributed by atoms with E-state index in [1.807, 2.05) is 0 Å². The molecule has 4 heteroatoms. The van der Waals surface area contributed by atoms with Gasteiger partial charge in [-0.25, -0.2) is 0 Å². The summed E-state index contributed by atoms with van der Waals surface area (Å²) in [6, 6.07) is 0. The predicted molar refractivity (Wildman–Crippen MR) is 70.8 cm³/mol. The van der Waals surface area contributed by atoms with Crippen molar-refractivity contribution in [1.29, 1.82) is 0 Å². The van der Waals surface area contributed by atoms with Crippen LogP contribution in [0.25, 0.3) is 0 Å². The van der Waals surface area contributed by atoms with Crippen LogP contribution in [0.4, 0.5) is 0 Å². The summed E-state index contributed by atoms with van der Waals surface area (Å²) in [6.45, 7) is 0. The highest BCUT2D eigenvalue weighted by atomic mass is 16.4. The highest BCUT2D eigenvalue weighted by Gasteiger charge is 2.60. The summed E-state index contributed by atoms with van der Waals surface area (Å²) in [5.41, 5.74) is -0.421. The molecule has 0 aromatic rings. The third kappa shape index (κ3) is 1.55. The van der Waals surface area contributed by atoms with Gasteiger partial charge in [0.2, 0.25) is 0 Å². The van der Waals surface area contributed by atoms with Gasteiger partial charge >= 0.3 is 0 Å². The van der Waals surface area contributed by atoms with Gasteiger partial charge in [-0.3, -0.25) is 9.59 Å². The van der Waals surface area contributed by atoms with Gasteiger partial charge in [-0.2, -0.15) is 0 Å². The van der Waals surface area contributed by atoms with Crippen LogP contribution in [0.5, 0.6) is 0 Å². The lowest BCUT2D eigenvalue weighted by atomic mass is 9.57. The van der Waals surface area contributed by atoms with Gasteiger partial charge in [-0.1, -0.05) is 11.1 Å². The molecule has 4 atom stereocenters. The lowest BCUT2D eigenvalue weighted by Gasteiger charge is -2.54. The minimum Gasteiger partial charge on any atom is -0.387 e. The van der Waals surface area contributed by atoms with Crippen LogP contribution in [0.3, 0.4) is 0 Å². The molecule has 4 nitrogen and oxygen atoms in total. The van der Waals surface area contributed by atoms with Crippen molar-refractivity contribution in [3.63, 3.8) is 0 Å². The number of allylic oxidation sites excluding steroid dienone is 2. The Morgan fingerprint density at radius 1 is 0.850 bits per heavy atom. The summed E-state index contributed by atoms with van der Waals surface area (Å²) in [7, 11) is 0. The minimum absolute atomic E-state index is 0.0791. The number of carbonyl (C=O) groups is 2. The molecule has 3 unspecified atom stereocenters. The number of hydrogen-bond acceptors (Lipinski definition) is 4. The Balaban J connectivity index is 1.72. The van der Waals surface area contributed by atoms with Gasteiger partial charge in [0, 0.05) is 25.7 Å². The Bertz CT molecular complexity index is 539. The molecule has 0 spiro atoms. The van der Waals surface area contributed by atoms with Crippen LogP contribution in [-0.4, -0.2) is 33.0 Å². The van der Waals surface area contributed by atoms with Gasteiger partial charge in [0.05, 0.1) is 5.60 Å². The largest absolute Gasteiger partial charge is 0.387 e. The van der Waals surface area contributed by atoms with Crippen LogP contribution in [0.1, 0.15) is 38.5 Å². The third-order valence-electron chi connectivity index (χ3n) is 5.66. The van der Waals surface area contributed by atoms with Gasteiger partial charge in [0.1, 0.15) is 5.60 Å². The van der Waals surface area contributed by atoms with Crippen LogP contribution in [0.2, 0.25) is 0 Å². The Kier molecular flexibility index (Phi) is 2.30. The Labute approximate surface area is 117 Å². The average molecular weight is 274 g/mol. The lowest BCUT2D eigenvalue weighted by Crippen LogP contribution is -2.61. The van der Waals surface area contributed by atoms with E-state index in [9.17, 15) is 19.8 Å². The SMILES string of the molecule is O=C1C=C2CC3(O)CC4=CC(=O)C[C@@H]4CC3(O)CC2C1. The quantitative estimate of drug-likeness (QED) is 0.693. The maximum atomic E-state index is 11.6. The van der Waals surface area contributed by atoms with E-state index >= 15 is 0 Å². The number of hydrogen-bond donors (Lipinski definition) is 2. The second kappa shape index (κ2) is 3.68. The molecule has 0 radical (unpaired) electrons. The first-order valence-electron chi connectivity index (χ1n) is 7.30. The van der Waals surface area contributed by atoms with Crippen LogP contribution < -0.4 is 0 Å². The predicted octanol–water partition coefficient (Wildman–Crippen LogP) is 1.07. The fourth-order valence-corrected chi connectivity index (χ4v) is 4.66. The first-order valence-corrected chi connectivity index (χ1v) is 7.30. The van der Waals surface area contributed by atoms with Crippen molar-refractivity contribution in [1.82, 2.24) is 0 Å². The zero-order valence-electron chi connectivity index (χ0n) is 11.3. The van der Waals surface area contributed by atoms with Crippen molar-refractivity contribution in [3.8, 4) is 0 Å². The number of ketones is 2. The number of fused-ring (bicyclic) bond motifs is 3. The topological polar surface area (TPSA) is 74.6 Å². The molecule has 0 aliphatic heterocycles. The van der Waals surface area contributed by atoms with Crippen LogP contribution in [0.15, 0.2) is 23.3 Å². The fourth-order valence-electron chi connectivity index (χ4n) is 4.66. The molecular formula is C16H18O4. The van der Waals surface area contributed by atoms with Gasteiger partial charge in [0.25, 0.3) is 0 Å². The van der Waals surface area contributed by atoms with Crippen LogP contribution in [-0.2, 0) is 9.59 Å². The van der Waals surface area contributed by atoms with E-state index in [1.165, 1.54) is 0 Å². The zero-order valence-corrected chi connectivity index (χ0v) is 11.3. The van der Waals surface area contributed by atoms with E-state index in [-0.39, 0.29) is 23.4 Å². The highest BCUT2D eigenvalue weighted by Crippen LogP contribution is 2.56. The molecular weight excluding hydrogens is 256 g/mol. The van der Waals surface area contributed by atoms with Gasteiger partial charge in [-0.15, -0.1) is 0 Å². The molecule has 0 aromatic carbocycles. The first kappa shape index (κ1) is 12.5. The maximum Gasteiger partial charge on any atom is 0.156 e. The molecule has 0 heterocycles. The smallest absolute Gasteiger partial charge is 0.156 e.